The Hall–Kier alpha value is -3.05. The van der Waals surface area contributed by atoms with E-state index >= 15 is 0 Å². The Morgan fingerprint density at radius 2 is 1.62 bits per heavy atom. The van der Waals surface area contributed by atoms with Gasteiger partial charge in [0.1, 0.15) is 18.2 Å². The van der Waals surface area contributed by atoms with Crippen molar-refractivity contribution in [1.29, 1.82) is 0 Å². The maximum Gasteiger partial charge on any atom is 0.126 e. The van der Waals surface area contributed by atoms with Crippen molar-refractivity contribution in [1.82, 2.24) is 4.98 Å². The second-order valence-corrected chi connectivity index (χ2v) is 5.90. The second kappa shape index (κ2) is 9.44. The lowest BCUT2D eigenvalue weighted by atomic mass is 10.1. The van der Waals surface area contributed by atoms with Crippen LogP contribution in [0.3, 0.4) is 0 Å². The van der Waals surface area contributed by atoms with Gasteiger partial charge in [-0.25, -0.2) is 4.98 Å². The van der Waals surface area contributed by atoms with Crippen molar-refractivity contribution in [3.8, 4) is 5.75 Å². The van der Waals surface area contributed by atoms with Gasteiger partial charge >= 0.3 is 0 Å². The molecule has 0 atom stereocenters. The molecule has 0 unspecified atom stereocenters. The van der Waals surface area contributed by atoms with Gasteiger partial charge in [-0.2, -0.15) is 0 Å². The highest BCUT2D eigenvalue weighted by molar-refractivity contribution is 5.48. The summed E-state index contributed by atoms with van der Waals surface area (Å²) in [5.41, 5.74) is 8.94. The van der Waals surface area contributed by atoms with Crippen LogP contribution in [0.4, 0.5) is 11.5 Å². The number of rotatable bonds is 9. The maximum atomic E-state index is 5.55. The molecule has 1 aromatic heterocycles. The van der Waals surface area contributed by atoms with Crippen LogP contribution in [-0.2, 0) is 13.1 Å². The van der Waals surface area contributed by atoms with E-state index < -0.39 is 0 Å². The third kappa shape index (κ3) is 5.50. The zero-order chi connectivity index (χ0) is 18.0. The van der Waals surface area contributed by atoms with E-state index in [2.05, 4.69) is 39.9 Å². The second-order valence-electron chi connectivity index (χ2n) is 5.90. The molecule has 0 saturated carbocycles. The van der Waals surface area contributed by atoms with E-state index in [-0.39, 0.29) is 0 Å². The Morgan fingerprint density at radius 3 is 2.31 bits per heavy atom. The molecule has 134 valence electrons. The maximum absolute atomic E-state index is 5.55. The molecule has 26 heavy (non-hydrogen) atoms. The van der Waals surface area contributed by atoms with Crippen molar-refractivity contribution in [2.75, 3.05) is 23.8 Å². The standard InChI is InChI=1S/C21H24N4O/c22-11-13-26-20-5-3-4-19(14-20)24-15-17-7-9-18(10-8-17)16-25-21-6-1-2-12-23-21/h1-10,12,14,24H,11,13,15-16,22H2,(H,23,25). The zero-order valence-corrected chi connectivity index (χ0v) is 14.7. The summed E-state index contributed by atoms with van der Waals surface area (Å²) in [6.45, 7) is 2.55. The first-order chi connectivity index (χ1) is 12.8. The third-order valence-corrected chi connectivity index (χ3v) is 3.88. The lowest BCUT2D eigenvalue weighted by Gasteiger charge is -2.10. The molecule has 0 aliphatic carbocycles. The quantitative estimate of drug-likeness (QED) is 0.551. The number of ether oxygens (including phenoxy) is 1. The lowest BCUT2D eigenvalue weighted by Crippen LogP contribution is -2.10. The van der Waals surface area contributed by atoms with Gasteiger partial charge in [0.25, 0.3) is 0 Å². The first-order valence-corrected chi connectivity index (χ1v) is 8.73. The SMILES string of the molecule is NCCOc1cccc(NCc2ccc(CNc3ccccn3)cc2)c1. The van der Waals surface area contributed by atoms with E-state index in [1.807, 2.05) is 42.5 Å². The van der Waals surface area contributed by atoms with Gasteiger partial charge in [-0.1, -0.05) is 36.4 Å². The van der Waals surface area contributed by atoms with Crippen molar-refractivity contribution < 1.29 is 4.74 Å². The zero-order valence-electron chi connectivity index (χ0n) is 14.7. The van der Waals surface area contributed by atoms with Crippen LogP contribution in [0.2, 0.25) is 0 Å². The molecule has 1 heterocycles. The first-order valence-electron chi connectivity index (χ1n) is 8.73. The summed E-state index contributed by atoms with van der Waals surface area (Å²) >= 11 is 0. The summed E-state index contributed by atoms with van der Waals surface area (Å²) in [4.78, 5) is 4.26. The number of benzene rings is 2. The van der Waals surface area contributed by atoms with Crippen molar-refractivity contribution in [2.45, 2.75) is 13.1 Å². The largest absolute Gasteiger partial charge is 0.492 e. The van der Waals surface area contributed by atoms with Crippen LogP contribution in [0.1, 0.15) is 11.1 Å². The third-order valence-electron chi connectivity index (χ3n) is 3.88. The van der Waals surface area contributed by atoms with E-state index in [4.69, 9.17) is 10.5 Å². The molecule has 0 spiro atoms. The number of nitrogens with one attached hydrogen (secondary N) is 2. The molecule has 0 radical (unpaired) electrons. The Morgan fingerprint density at radius 1 is 0.846 bits per heavy atom. The predicted octanol–water partition coefficient (Wildman–Crippen LogP) is 3.64. The van der Waals surface area contributed by atoms with Gasteiger partial charge < -0.3 is 21.1 Å². The lowest BCUT2D eigenvalue weighted by molar-refractivity contribution is 0.328. The molecular weight excluding hydrogens is 324 g/mol. The Labute approximate surface area is 154 Å². The van der Waals surface area contributed by atoms with Crippen LogP contribution in [-0.4, -0.2) is 18.1 Å². The molecule has 0 bridgehead atoms. The topological polar surface area (TPSA) is 72.2 Å². The minimum Gasteiger partial charge on any atom is -0.492 e. The van der Waals surface area contributed by atoms with E-state index in [0.717, 1.165) is 30.3 Å². The normalized spacial score (nSPS) is 10.3. The molecule has 2 aromatic carbocycles. The minimum absolute atomic E-state index is 0.513. The predicted molar refractivity (Wildman–Crippen MR) is 106 cm³/mol. The minimum atomic E-state index is 0.513. The molecule has 0 aliphatic rings. The average Bonchev–Trinajstić information content (AvgIpc) is 2.71. The number of hydrogen-bond acceptors (Lipinski definition) is 5. The van der Waals surface area contributed by atoms with Crippen molar-refractivity contribution >= 4 is 11.5 Å². The highest BCUT2D eigenvalue weighted by Gasteiger charge is 1.99. The summed E-state index contributed by atoms with van der Waals surface area (Å²) < 4.78 is 5.55. The molecule has 0 saturated heterocycles. The summed E-state index contributed by atoms with van der Waals surface area (Å²) in [5.74, 6) is 1.71. The highest BCUT2D eigenvalue weighted by Crippen LogP contribution is 2.18. The van der Waals surface area contributed by atoms with Crippen molar-refractivity contribution in [3.63, 3.8) is 0 Å². The van der Waals surface area contributed by atoms with E-state index in [9.17, 15) is 0 Å². The molecule has 3 rings (SSSR count). The van der Waals surface area contributed by atoms with E-state index in [1.165, 1.54) is 11.1 Å². The van der Waals surface area contributed by atoms with Crippen molar-refractivity contribution in [2.24, 2.45) is 5.73 Å². The number of nitrogens with two attached hydrogens (primary N) is 1. The highest BCUT2D eigenvalue weighted by atomic mass is 16.5. The Balaban J connectivity index is 1.50. The fourth-order valence-corrected chi connectivity index (χ4v) is 2.51. The number of anilines is 2. The fourth-order valence-electron chi connectivity index (χ4n) is 2.51. The van der Waals surface area contributed by atoms with Gasteiger partial charge in [0.05, 0.1) is 0 Å². The van der Waals surface area contributed by atoms with Gasteiger partial charge in [0.2, 0.25) is 0 Å². The van der Waals surface area contributed by atoms with Gasteiger partial charge in [0.15, 0.2) is 0 Å². The molecule has 5 heteroatoms. The molecule has 0 amide bonds. The van der Waals surface area contributed by atoms with Crippen LogP contribution in [0.15, 0.2) is 72.9 Å². The van der Waals surface area contributed by atoms with Gasteiger partial charge in [-0.05, 0) is 35.4 Å². The van der Waals surface area contributed by atoms with Gasteiger partial charge in [0, 0.05) is 37.6 Å². The van der Waals surface area contributed by atoms with E-state index in [0.29, 0.717) is 13.2 Å². The van der Waals surface area contributed by atoms with Crippen LogP contribution >= 0.6 is 0 Å². The summed E-state index contributed by atoms with van der Waals surface area (Å²) in [6, 6.07) is 22.3. The average molecular weight is 348 g/mol. The molecule has 5 nitrogen and oxygen atoms in total. The van der Waals surface area contributed by atoms with Crippen LogP contribution < -0.4 is 21.1 Å². The smallest absolute Gasteiger partial charge is 0.126 e. The number of nitrogens with zero attached hydrogens (tertiary/aromatic N) is 1. The van der Waals surface area contributed by atoms with E-state index in [1.54, 1.807) is 6.20 Å². The summed E-state index contributed by atoms with van der Waals surface area (Å²) in [7, 11) is 0. The fraction of sp³-hybridized carbons (Fsp3) is 0.190. The molecule has 4 N–H and O–H groups in total. The Kier molecular flexibility index (Phi) is 6.45. The molecule has 3 aromatic rings. The van der Waals surface area contributed by atoms with Gasteiger partial charge in [-0.3, -0.25) is 0 Å². The summed E-state index contributed by atoms with van der Waals surface area (Å²) in [5, 5.41) is 6.73. The Bertz CT molecular complexity index is 791. The van der Waals surface area contributed by atoms with Gasteiger partial charge in [-0.15, -0.1) is 0 Å². The van der Waals surface area contributed by atoms with Crippen LogP contribution in [0.25, 0.3) is 0 Å². The molecule has 0 aliphatic heterocycles. The van der Waals surface area contributed by atoms with Crippen molar-refractivity contribution in [3.05, 3.63) is 84.1 Å². The molecule has 0 fully saturated rings. The molecular formula is C21H24N4O. The monoisotopic (exact) mass is 348 g/mol. The number of hydrogen-bond donors (Lipinski definition) is 3. The van der Waals surface area contributed by atoms with Crippen LogP contribution in [0.5, 0.6) is 5.75 Å². The summed E-state index contributed by atoms with van der Waals surface area (Å²) in [6.07, 6.45) is 1.78. The number of aromatic nitrogens is 1. The number of pyridine rings is 1. The first kappa shape index (κ1) is 17.8. The van der Waals surface area contributed by atoms with Crippen LogP contribution in [0, 0.1) is 0 Å².